The molecule has 3 rings (SSSR count). The summed E-state index contributed by atoms with van der Waals surface area (Å²) in [4.78, 5) is 20.3. The van der Waals surface area contributed by atoms with Gasteiger partial charge in [-0.2, -0.15) is 13.2 Å². The van der Waals surface area contributed by atoms with Gasteiger partial charge < -0.3 is 20.0 Å². The minimum absolute atomic E-state index is 0.00359. The lowest BCUT2D eigenvalue weighted by Crippen LogP contribution is -2.18. The molecule has 1 heterocycles. The maximum atomic E-state index is 13.7. The molecule has 36 heavy (non-hydrogen) atoms. The van der Waals surface area contributed by atoms with Gasteiger partial charge in [-0.1, -0.05) is 53.7 Å². The van der Waals surface area contributed by atoms with Crippen LogP contribution in [0.2, 0.25) is 0 Å². The minimum atomic E-state index is -4.52. The van der Waals surface area contributed by atoms with Crippen molar-refractivity contribution in [3.63, 3.8) is 0 Å². The van der Waals surface area contributed by atoms with E-state index in [1.165, 1.54) is 13.2 Å². The van der Waals surface area contributed by atoms with E-state index < -0.39 is 17.7 Å². The zero-order valence-corrected chi connectivity index (χ0v) is 19.8. The summed E-state index contributed by atoms with van der Waals surface area (Å²) >= 11 is 0. The van der Waals surface area contributed by atoms with E-state index in [4.69, 9.17) is 14.7 Å². The second kappa shape index (κ2) is 12.2. The highest BCUT2D eigenvalue weighted by Crippen LogP contribution is 2.37. The SMILES string of the molecule is COc1nc(/C(C)=N\OCc2ccc(-c3ccccc3)c(C(F)(F)F)c2)ccc1CNCCC(=O)O. The Morgan fingerprint density at radius 1 is 1.11 bits per heavy atom. The van der Waals surface area contributed by atoms with Crippen molar-refractivity contribution in [3.05, 3.63) is 83.0 Å². The van der Waals surface area contributed by atoms with Crippen LogP contribution in [0.4, 0.5) is 13.2 Å². The average molecular weight is 502 g/mol. The van der Waals surface area contributed by atoms with Crippen LogP contribution in [-0.4, -0.2) is 35.4 Å². The lowest BCUT2D eigenvalue weighted by Gasteiger charge is -2.15. The van der Waals surface area contributed by atoms with Crippen LogP contribution in [0.25, 0.3) is 11.1 Å². The van der Waals surface area contributed by atoms with E-state index >= 15 is 0 Å². The number of halogens is 3. The Hall–Kier alpha value is -3.92. The van der Waals surface area contributed by atoms with Gasteiger partial charge in [-0.15, -0.1) is 0 Å². The molecule has 0 amide bonds. The number of alkyl halides is 3. The topological polar surface area (TPSA) is 93.0 Å². The molecule has 0 aliphatic carbocycles. The van der Waals surface area contributed by atoms with Gasteiger partial charge in [0.25, 0.3) is 0 Å². The van der Waals surface area contributed by atoms with Crippen LogP contribution in [0.3, 0.4) is 0 Å². The van der Waals surface area contributed by atoms with Crippen LogP contribution in [0, 0.1) is 0 Å². The van der Waals surface area contributed by atoms with E-state index in [1.54, 1.807) is 55.5 Å². The summed E-state index contributed by atoms with van der Waals surface area (Å²) in [7, 11) is 1.47. The summed E-state index contributed by atoms with van der Waals surface area (Å²) in [5.41, 5.74) is 1.78. The lowest BCUT2D eigenvalue weighted by atomic mass is 9.97. The predicted octanol–water partition coefficient (Wildman–Crippen LogP) is 5.28. The van der Waals surface area contributed by atoms with Gasteiger partial charge in [-0.05, 0) is 35.7 Å². The van der Waals surface area contributed by atoms with E-state index in [9.17, 15) is 18.0 Å². The highest BCUT2D eigenvalue weighted by Gasteiger charge is 2.34. The molecule has 7 nitrogen and oxygen atoms in total. The number of hydrogen-bond acceptors (Lipinski definition) is 6. The van der Waals surface area contributed by atoms with Crippen LogP contribution in [0.1, 0.15) is 35.7 Å². The Bertz CT molecular complexity index is 1210. The number of oxime groups is 1. The fourth-order valence-electron chi connectivity index (χ4n) is 3.44. The molecule has 0 aliphatic rings. The zero-order valence-electron chi connectivity index (χ0n) is 19.8. The lowest BCUT2D eigenvalue weighted by molar-refractivity contribution is -0.138. The fraction of sp³-hybridized carbons (Fsp3) is 0.269. The monoisotopic (exact) mass is 501 g/mol. The van der Waals surface area contributed by atoms with Crippen molar-refractivity contribution in [2.45, 2.75) is 32.7 Å². The maximum absolute atomic E-state index is 13.7. The van der Waals surface area contributed by atoms with Crippen molar-refractivity contribution in [1.82, 2.24) is 10.3 Å². The number of carboxylic acids is 1. The Morgan fingerprint density at radius 3 is 2.53 bits per heavy atom. The Balaban J connectivity index is 1.69. The van der Waals surface area contributed by atoms with E-state index in [1.807, 2.05) is 0 Å². The van der Waals surface area contributed by atoms with Gasteiger partial charge in [-0.25, -0.2) is 4.98 Å². The largest absolute Gasteiger partial charge is 0.481 e. The molecule has 10 heteroatoms. The van der Waals surface area contributed by atoms with Gasteiger partial charge in [0.05, 0.1) is 24.8 Å². The molecule has 2 aromatic carbocycles. The number of ether oxygens (including phenoxy) is 1. The number of nitrogens with zero attached hydrogens (tertiary/aromatic N) is 2. The van der Waals surface area contributed by atoms with Crippen LogP contribution in [0.5, 0.6) is 5.88 Å². The number of pyridine rings is 1. The second-order valence-corrected chi connectivity index (χ2v) is 7.88. The molecule has 0 spiro atoms. The van der Waals surface area contributed by atoms with Crippen molar-refractivity contribution < 1.29 is 32.6 Å². The summed E-state index contributed by atoms with van der Waals surface area (Å²) in [5.74, 6) is -0.548. The third-order valence-electron chi connectivity index (χ3n) is 5.24. The standard InChI is InChI=1S/C26H26F3N3O4/c1-17(23-11-9-20(25(31-23)35-2)15-30-13-12-24(33)34)32-36-16-18-8-10-21(19-6-4-3-5-7-19)22(14-18)26(27,28)29/h3-11,14,30H,12-13,15-16H2,1-2H3,(H,33,34)/b32-17-. The summed E-state index contributed by atoms with van der Waals surface area (Å²) in [6.45, 7) is 2.18. The number of aliphatic carboxylic acids is 1. The third kappa shape index (κ3) is 7.29. The zero-order chi connectivity index (χ0) is 26.1. The first-order valence-electron chi connectivity index (χ1n) is 11.1. The molecule has 0 saturated carbocycles. The Kier molecular flexibility index (Phi) is 9.02. The highest BCUT2D eigenvalue weighted by molar-refractivity contribution is 5.96. The molecule has 3 aromatic rings. The van der Waals surface area contributed by atoms with Crippen molar-refractivity contribution in [3.8, 4) is 17.0 Å². The van der Waals surface area contributed by atoms with E-state index in [-0.39, 0.29) is 18.6 Å². The first-order chi connectivity index (χ1) is 17.2. The molecule has 0 saturated heterocycles. The summed E-state index contributed by atoms with van der Waals surface area (Å²) in [6, 6.07) is 15.9. The number of carbonyl (C=O) groups is 1. The van der Waals surface area contributed by atoms with Crippen LogP contribution in [0.15, 0.2) is 65.8 Å². The Morgan fingerprint density at radius 2 is 1.86 bits per heavy atom. The summed E-state index contributed by atoms with van der Waals surface area (Å²) < 4.78 is 46.4. The number of aromatic nitrogens is 1. The smallest absolute Gasteiger partial charge is 0.417 e. The average Bonchev–Trinajstić information content (AvgIpc) is 2.86. The van der Waals surface area contributed by atoms with Crippen molar-refractivity contribution >= 4 is 11.7 Å². The van der Waals surface area contributed by atoms with Gasteiger partial charge >= 0.3 is 12.1 Å². The van der Waals surface area contributed by atoms with Crippen LogP contribution < -0.4 is 10.1 Å². The Labute approximate surface area is 206 Å². The number of rotatable bonds is 11. The summed E-state index contributed by atoms with van der Waals surface area (Å²) in [6.07, 6.45) is -4.53. The molecular weight excluding hydrogens is 475 g/mol. The minimum Gasteiger partial charge on any atom is -0.481 e. The number of carboxylic acid groups (broad SMARTS) is 1. The fourth-order valence-corrected chi connectivity index (χ4v) is 3.44. The normalized spacial score (nSPS) is 11.9. The number of benzene rings is 2. The van der Waals surface area contributed by atoms with Crippen molar-refractivity contribution in [2.24, 2.45) is 5.16 Å². The van der Waals surface area contributed by atoms with Crippen molar-refractivity contribution in [1.29, 1.82) is 0 Å². The quantitative estimate of drug-likeness (QED) is 0.211. The first kappa shape index (κ1) is 26.7. The van der Waals surface area contributed by atoms with Gasteiger partial charge in [0.2, 0.25) is 5.88 Å². The molecule has 0 atom stereocenters. The van der Waals surface area contributed by atoms with Crippen LogP contribution >= 0.6 is 0 Å². The number of nitrogens with one attached hydrogen (secondary N) is 1. The highest BCUT2D eigenvalue weighted by atomic mass is 19.4. The third-order valence-corrected chi connectivity index (χ3v) is 5.24. The number of hydrogen-bond donors (Lipinski definition) is 2. The first-order valence-corrected chi connectivity index (χ1v) is 11.1. The molecular formula is C26H26F3N3O4. The molecule has 0 bridgehead atoms. The molecule has 2 N–H and O–H groups in total. The van der Waals surface area contributed by atoms with E-state index in [0.717, 1.165) is 11.6 Å². The second-order valence-electron chi connectivity index (χ2n) is 7.88. The molecule has 0 aliphatic heterocycles. The molecule has 190 valence electrons. The molecule has 0 unspecified atom stereocenters. The molecule has 0 fully saturated rings. The van der Waals surface area contributed by atoms with Gasteiger partial charge in [0, 0.05) is 18.7 Å². The van der Waals surface area contributed by atoms with Gasteiger partial charge in [0.1, 0.15) is 12.3 Å². The molecule has 1 aromatic heterocycles. The summed E-state index contributed by atoms with van der Waals surface area (Å²) in [5, 5.41) is 15.7. The molecule has 0 radical (unpaired) electrons. The van der Waals surface area contributed by atoms with Crippen LogP contribution in [-0.2, 0) is 29.0 Å². The van der Waals surface area contributed by atoms with Crippen molar-refractivity contribution in [2.75, 3.05) is 13.7 Å². The van der Waals surface area contributed by atoms with Gasteiger partial charge in [0.15, 0.2) is 0 Å². The van der Waals surface area contributed by atoms with E-state index in [2.05, 4.69) is 15.5 Å². The van der Waals surface area contributed by atoms with Gasteiger partial charge in [-0.3, -0.25) is 4.79 Å². The van der Waals surface area contributed by atoms with E-state index in [0.29, 0.717) is 41.5 Å². The predicted molar refractivity (Wildman–Crippen MR) is 129 cm³/mol. The number of methoxy groups -OCH3 is 1. The maximum Gasteiger partial charge on any atom is 0.417 e.